The molecule has 2 N–H and O–H groups in total. The molecule has 162 valence electrons. The lowest BCUT2D eigenvalue weighted by molar-refractivity contribution is -0.122. The van der Waals surface area contributed by atoms with Gasteiger partial charge in [0.05, 0.1) is 30.2 Å². The molecule has 1 saturated heterocycles. The molecule has 2 aromatic rings. The lowest BCUT2D eigenvalue weighted by atomic mass is 10.0. The van der Waals surface area contributed by atoms with Gasteiger partial charge in [-0.25, -0.2) is 0 Å². The molecule has 0 saturated carbocycles. The lowest BCUT2D eigenvalue weighted by Crippen LogP contribution is -2.51. The Balaban J connectivity index is 1.68. The fourth-order valence-electron chi connectivity index (χ4n) is 4.14. The highest BCUT2D eigenvalue weighted by Gasteiger charge is 2.45. The third-order valence-corrected chi connectivity index (χ3v) is 6.32. The molecule has 2 aliphatic rings. The van der Waals surface area contributed by atoms with Gasteiger partial charge in [0.25, 0.3) is 5.91 Å². The molecule has 0 aliphatic carbocycles. The number of carbonyl (C=O) groups is 3. The summed E-state index contributed by atoms with van der Waals surface area (Å²) in [6.07, 6.45) is 2.37. The van der Waals surface area contributed by atoms with Crippen LogP contribution in [0.15, 0.2) is 36.4 Å². The molecule has 4 rings (SSSR count). The summed E-state index contributed by atoms with van der Waals surface area (Å²) < 4.78 is 5.44. The van der Waals surface area contributed by atoms with Crippen molar-refractivity contribution in [3.05, 3.63) is 47.0 Å². The molecule has 2 aromatic carbocycles. The number of fused-ring (bicyclic) bond motifs is 2. The van der Waals surface area contributed by atoms with Gasteiger partial charge < -0.3 is 20.3 Å². The number of anilines is 1. The fourth-order valence-corrected chi connectivity index (χ4v) is 4.66. The van der Waals surface area contributed by atoms with E-state index in [1.807, 2.05) is 12.3 Å². The van der Waals surface area contributed by atoms with Crippen LogP contribution in [-0.4, -0.2) is 60.4 Å². The molecule has 0 radical (unpaired) electrons. The van der Waals surface area contributed by atoms with Crippen LogP contribution in [0.4, 0.5) is 5.69 Å². The number of thioether (sulfide) groups is 1. The summed E-state index contributed by atoms with van der Waals surface area (Å²) in [5.41, 5.74) is 2.35. The molecule has 0 aromatic heterocycles. The third-order valence-electron chi connectivity index (χ3n) is 5.53. The molecule has 2 atom stereocenters. The number of nitrogens with one attached hydrogen (secondary N) is 2. The monoisotopic (exact) mass is 459 g/mol. The van der Waals surface area contributed by atoms with Crippen molar-refractivity contribution in [2.75, 3.05) is 31.0 Å². The van der Waals surface area contributed by atoms with Gasteiger partial charge in [0.2, 0.25) is 11.8 Å². The zero-order valence-electron chi connectivity index (χ0n) is 17.1. The number of ether oxygens (including phenoxy) is 1. The van der Waals surface area contributed by atoms with E-state index in [1.165, 1.54) is 11.8 Å². The second kappa shape index (κ2) is 8.80. The number of hydrogen-bond donors (Lipinski definition) is 2. The predicted molar refractivity (Wildman–Crippen MR) is 122 cm³/mol. The van der Waals surface area contributed by atoms with Crippen molar-refractivity contribution in [1.29, 1.82) is 0 Å². The first-order valence-electron chi connectivity index (χ1n) is 9.81. The second-order valence-corrected chi connectivity index (χ2v) is 8.74. The summed E-state index contributed by atoms with van der Waals surface area (Å²) in [7, 11) is 1.57. The summed E-state index contributed by atoms with van der Waals surface area (Å²) in [4.78, 5) is 40.0. The number of benzene rings is 2. The molecular formula is C22H22ClN3O4S. The van der Waals surface area contributed by atoms with E-state index in [9.17, 15) is 14.4 Å². The molecule has 31 heavy (non-hydrogen) atoms. The summed E-state index contributed by atoms with van der Waals surface area (Å²) in [5.74, 6) is 0.251. The van der Waals surface area contributed by atoms with Crippen molar-refractivity contribution in [2.24, 2.45) is 0 Å². The SMILES string of the molecule is COc1ccc(Cl)cc1-c1ccc2c(c1)C(=O)N1CC[C@H](NC(=O)CSC)[C@H]1C(=O)N2. The normalized spacial score (nSPS) is 19.9. The van der Waals surface area contributed by atoms with Gasteiger partial charge in [-0.05, 0) is 48.6 Å². The number of hydrogen-bond acceptors (Lipinski definition) is 5. The van der Waals surface area contributed by atoms with Gasteiger partial charge in [0, 0.05) is 17.1 Å². The van der Waals surface area contributed by atoms with Crippen molar-refractivity contribution in [3.8, 4) is 16.9 Å². The maximum atomic E-state index is 13.4. The summed E-state index contributed by atoms with van der Waals surface area (Å²) in [6, 6.07) is 9.40. The van der Waals surface area contributed by atoms with Crippen LogP contribution in [0.25, 0.3) is 11.1 Å². The minimum Gasteiger partial charge on any atom is -0.496 e. The summed E-state index contributed by atoms with van der Waals surface area (Å²) in [6.45, 7) is 0.394. The van der Waals surface area contributed by atoms with Gasteiger partial charge in [-0.1, -0.05) is 17.7 Å². The largest absolute Gasteiger partial charge is 0.496 e. The molecule has 0 spiro atoms. The van der Waals surface area contributed by atoms with Crippen molar-refractivity contribution < 1.29 is 19.1 Å². The molecule has 9 heteroatoms. The quantitative estimate of drug-likeness (QED) is 0.717. The van der Waals surface area contributed by atoms with E-state index in [1.54, 1.807) is 42.3 Å². The Labute approximate surface area is 189 Å². The zero-order chi connectivity index (χ0) is 22.1. The Morgan fingerprint density at radius 2 is 2.06 bits per heavy atom. The van der Waals surface area contributed by atoms with Gasteiger partial charge in [-0.3, -0.25) is 14.4 Å². The zero-order valence-corrected chi connectivity index (χ0v) is 18.7. The average molecular weight is 460 g/mol. The maximum Gasteiger partial charge on any atom is 0.256 e. The van der Waals surface area contributed by atoms with E-state index in [0.29, 0.717) is 40.7 Å². The predicted octanol–water partition coefficient (Wildman–Crippen LogP) is 3.03. The first kappa shape index (κ1) is 21.5. The average Bonchev–Trinajstić information content (AvgIpc) is 3.12. The number of halogens is 1. The highest BCUT2D eigenvalue weighted by atomic mass is 35.5. The molecule has 3 amide bonds. The van der Waals surface area contributed by atoms with Crippen LogP contribution in [0.2, 0.25) is 5.02 Å². The Morgan fingerprint density at radius 3 is 2.81 bits per heavy atom. The number of rotatable bonds is 5. The van der Waals surface area contributed by atoms with Crippen LogP contribution in [0, 0.1) is 0 Å². The summed E-state index contributed by atoms with van der Waals surface area (Å²) in [5, 5.41) is 6.31. The van der Waals surface area contributed by atoms with E-state index < -0.39 is 12.1 Å². The number of methoxy groups -OCH3 is 1. The van der Waals surface area contributed by atoms with Crippen LogP contribution in [-0.2, 0) is 9.59 Å². The first-order chi connectivity index (χ1) is 14.9. The van der Waals surface area contributed by atoms with E-state index in [4.69, 9.17) is 16.3 Å². The second-order valence-electron chi connectivity index (χ2n) is 7.43. The van der Waals surface area contributed by atoms with Crippen molar-refractivity contribution in [3.63, 3.8) is 0 Å². The fraction of sp³-hybridized carbons (Fsp3) is 0.318. The molecular weight excluding hydrogens is 438 g/mol. The van der Waals surface area contributed by atoms with Crippen LogP contribution in [0.1, 0.15) is 16.8 Å². The first-order valence-corrected chi connectivity index (χ1v) is 11.6. The standard InChI is InChI=1S/C22H22ClN3O4S/c1-30-18-6-4-13(23)10-14(18)12-3-5-16-15(9-12)22(29)26-8-7-17(20(26)21(28)25-16)24-19(27)11-31-2/h3-6,9-10,17,20H,7-8,11H2,1-2H3,(H,24,27)(H,25,28)/t17-,20-/m0/s1. The van der Waals surface area contributed by atoms with E-state index in [0.717, 1.165) is 11.1 Å². The van der Waals surface area contributed by atoms with Gasteiger partial charge in [0.15, 0.2) is 0 Å². The molecule has 2 aliphatic heterocycles. The van der Waals surface area contributed by atoms with Crippen molar-refractivity contribution >= 4 is 46.8 Å². The Kier molecular flexibility index (Phi) is 6.11. The van der Waals surface area contributed by atoms with Gasteiger partial charge in [-0.2, -0.15) is 11.8 Å². The van der Waals surface area contributed by atoms with Crippen LogP contribution in [0.3, 0.4) is 0 Å². The van der Waals surface area contributed by atoms with Crippen LogP contribution >= 0.6 is 23.4 Å². The Morgan fingerprint density at radius 1 is 1.26 bits per heavy atom. The molecule has 0 unspecified atom stereocenters. The molecule has 1 fully saturated rings. The van der Waals surface area contributed by atoms with Crippen LogP contribution < -0.4 is 15.4 Å². The number of carbonyl (C=O) groups excluding carboxylic acids is 3. The van der Waals surface area contributed by atoms with Gasteiger partial charge in [0.1, 0.15) is 11.8 Å². The number of nitrogens with zero attached hydrogens (tertiary/aromatic N) is 1. The summed E-state index contributed by atoms with van der Waals surface area (Å²) >= 11 is 7.58. The van der Waals surface area contributed by atoms with Gasteiger partial charge in [-0.15, -0.1) is 0 Å². The van der Waals surface area contributed by atoms with E-state index >= 15 is 0 Å². The molecule has 0 bridgehead atoms. The highest BCUT2D eigenvalue weighted by molar-refractivity contribution is 7.99. The highest BCUT2D eigenvalue weighted by Crippen LogP contribution is 2.36. The van der Waals surface area contributed by atoms with Crippen molar-refractivity contribution in [1.82, 2.24) is 10.2 Å². The topological polar surface area (TPSA) is 87.7 Å². The minimum absolute atomic E-state index is 0.142. The molecule has 2 heterocycles. The van der Waals surface area contributed by atoms with E-state index in [-0.39, 0.29) is 17.7 Å². The maximum absolute atomic E-state index is 13.4. The van der Waals surface area contributed by atoms with Crippen molar-refractivity contribution in [2.45, 2.75) is 18.5 Å². The lowest BCUT2D eigenvalue weighted by Gasteiger charge is -2.24. The molecule has 7 nitrogen and oxygen atoms in total. The number of amides is 3. The van der Waals surface area contributed by atoms with E-state index in [2.05, 4.69) is 10.6 Å². The van der Waals surface area contributed by atoms with Gasteiger partial charge >= 0.3 is 0 Å². The Bertz CT molecular complexity index is 1060. The third kappa shape index (κ3) is 4.09. The minimum atomic E-state index is -0.741. The van der Waals surface area contributed by atoms with Crippen LogP contribution in [0.5, 0.6) is 5.75 Å². The Hall–Kier alpha value is -2.71. The smallest absolute Gasteiger partial charge is 0.256 e.